The van der Waals surface area contributed by atoms with Crippen LogP contribution in [0.5, 0.6) is 11.5 Å². The standard InChI is InChI=1S/C25H24N4O3/c1-3-29(4-2)19-9-5-16(6-10-19)25(30)26-18-8-11-20-21(14-18)28-24(27-20)17-7-12-22-23(13-17)32-15-31-22/h5-14H,3-4,15H2,1-2H3,(H,26,30)(H,27,28). The predicted molar refractivity (Wildman–Crippen MR) is 126 cm³/mol. The van der Waals surface area contributed by atoms with Gasteiger partial charge in [0.2, 0.25) is 6.79 Å². The van der Waals surface area contributed by atoms with Crippen molar-refractivity contribution in [2.75, 3.05) is 30.1 Å². The molecule has 0 atom stereocenters. The number of benzene rings is 3. The summed E-state index contributed by atoms with van der Waals surface area (Å²) < 4.78 is 10.8. The number of hydrogen-bond donors (Lipinski definition) is 2. The Bertz CT molecular complexity index is 1280. The van der Waals surface area contributed by atoms with E-state index < -0.39 is 0 Å². The van der Waals surface area contributed by atoms with Crippen LogP contribution in [0.25, 0.3) is 22.4 Å². The number of aromatic amines is 1. The first-order chi connectivity index (χ1) is 15.6. The van der Waals surface area contributed by atoms with Gasteiger partial charge in [-0.2, -0.15) is 0 Å². The van der Waals surface area contributed by atoms with Crippen LogP contribution < -0.4 is 19.7 Å². The monoisotopic (exact) mass is 428 g/mol. The molecule has 1 aliphatic rings. The topological polar surface area (TPSA) is 79.5 Å². The Hall–Kier alpha value is -4.00. The van der Waals surface area contributed by atoms with Crippen molar-refractivity contribution in [3.63, 3.8) is 0 Å². The normalized spacial score (nSPS) is 12.2. The molecule has 1 aromatic heterocycles. The second-order valence-corrected chi connectivity index (χ2v) is 7.56. The quantitative estimate of drug-likeness (QED) is 0.449. The van der Waals surface area contributed by atoms with Crippen LogP contribution in [0.3, 0.4) is 0 Å². The number of aromatic nitrogens is 2. The van der Waals surface area contributed by atoms with E-state index in [0.29, 0.717) is 17.0 Å². The van der Waals surface area contributed by atoms with Gasteiger partial charge in [0, 0.05) is 35.6 Å². The number of H-pyrrole nitrogens is 1. The number of anilines is 2. The highest BCUT2D eigenvalue weighted by atomic mass is 16.7. The molecule has 1 aliphatic heterocycles. The molecule has 0 aliphatic carbocycles. The number of nitrogens with zero attached hydrogens (tertiary/aromatic N) is 2. The Morgan fingerprint density at radius 1 is 1.00 bits per heavy atom. The smallest absolute Gasteiger partial charge is 0.255 e. The van der Waals surface area contributed by atoms with Gasteiger partial charge in [-0.15, -0.1) is 0 Å². The molecule has 7 heteroatoms. The number of ether oxygens (including phenoxy) is 2. The van der Waals surface area contributed by atoms with E-state index in [1.807, 2.05) is 60.7 Å². The molecule has 7 nitrogen and oxygen atoms in total. The molecule has 0 saturated carbocycles. The molecular formula is C25H24N4O3. The third-order valence-electron chi connectivity index (χ3n) is 5.64. The van der Waals surface area contributed by atoms with Gasteiger partial charge in [0.25, 0.3) is 5.91 Å². The van der Waals surface area contributed by atoms with Crippen molar-refractivity contribution >= 4 is 28.3 Å². The Balaban J connectivity index is 1.34. The molecule has 0 spiro atoms. The Kier molecular flexibility index (Phi) is 5.15. The van der Waals surface area contributed by atoms with Crippen molar-refractivity contribution in [1.29, 1.82) is 0 Å². The summed E-state index contributed by atoms with van der Waals surface area (Å²) in [5.74, 6) is 2.03. The van der Waals surface area contributed by atoms with Crippen LogP contribution in [-0.4, -0.2) is 35.8 Å². The molecule has 2 heterocycles. The summed E-state index contributed by atoms with van der Waals surface area (Å²) in [5, 5.41) is 2.97. The van der Waals surface area contributed by atoms with Crippen LogP contribution in [0, 0.1) is 0 Å². The molecule has 3 aromatic carbocycles. The first-order valence-corrected chi connectivity index (χ1v) is 10.7. The maximum atomic E-state index is 12.7. The minimum absolute atomic E-state index is 0.147. The van der Waals surface area contributed by atoms with Gasteiger partial charge in [-0.3, -0.25) is 4.79 Å². The van der Waals surface area contributed by atoms with Gasteiger partial charge in [-0.1, -0.05) is 0 Å². The fourth-order valence-corrected chi connectivity index (χ4v) is 3.88. The average Bonchev–Trinajstić information content (AvgIpc) is 3.46. The molecule has 0 saturated heterocycles. The number of hydrogen-bond acceptors (Lipinski definition) is 5. The van der Waals surface area contributed by atoms with Crippen LogP contribution >= 0.6 is 0 Å². The largest absolute Gasteiger partial charge is 0.454 e. The first kappa shape index (κ1) is 19.9. The highest BCUT2D eigenvalue weighted by Gasteiger charge is 2.16. The van der Waals surface area contributed by atoms with E-state index in [9.17, 15) is 4.79 Å². The first-order valence-electron chi connectivity index (χ1n) is 10.7. The van der Waals surface area contributed by atoms with E-state index in [4.69, 9.17) is 9.47 Å². The summed E-state index contributed by atoms with van der Waals surface area (Å²) in [5.41, 5.74) is 5.00. The van der Waals surface area contributed by atoms with Crippen molar-refractivity contribution in [1.82, 2.24) is 9.97 Å². The third kappa shape index (κ3) is 3.73. The molecule has 0 bridgehead atoms. The molecular weight excluding hydrogens is 404 g/mol. The fourth-order valence-electron chi connectivity index (χ4n) is 3.88. The number of carbonyl (C=O) groups excluding carboxylic acids is 1. The number of nitrogens with one attached hydrogen (secondary N) is 2. The number of fused-ring (bicyclic) bond motifs is 2. The summed E-state index contributed by atoms with van der Waals surface area (Å²) in [6.07, 6.45) is 0. The molecule has 32 heavy (non-hydrogen) atoms. The minimum atomic E-state index is -0.147. The molecule has 2 N–H and O–H groups in total. The summed E-state index contributed by atoms with van der Waals surface area (Å²) in [7, 11) is 0. The van der Waals surface area contributed by atoms with Gasteiger partial charge in [0.15, 0.2) is 11.5 Å². The second-order valence-electron chi connectivity index (χ2n) is 7.56. The fraction of sp³-hybridized carbons (Fsp3) is 0.200. The maximum Gasteiger partial charge on any atom is 0.255 e. The lowest BCUT2D eigenvalue weighted by molar-refractivity contribution is 0.102. The SMILES string of the molecule is CCN(CC)c1ccc(C(=O)Nc2ccc3nc(-c4ccc5c(c4)OCO5)[nH]c3c2)cc1. The lowest BCUT2D eigenvalue weighted by Crippen LogP contribution is -2.21. The van der Waals surface area contributed by atoms with Gasteiger partial charge >= 0.3 is 0 Å². The summed E-state index contributed by atoms with van der Waals surface area (Å²) in [6, 6.07) is 19.0. The molecule has 0 radical (unpaired) electrons. The van der Waals surface area contributed by atoms with Gasteiger partial charge in [-0.25, -0.2) is 4.98 Å². The van der Waals surface area contributed by atoms with Crippen molar-refractivity contribution in [2.45, 2.75) is 13.8 Å². The van der Waals surface area contributed by atoms with Gasteiger partial charge in [0.1, 0.15) is 5.82 Å². The van der Waals surface area contributed by atoms with Gasteiger partial charge in [0.05, 0.1) is 11.0 Å². The van der Waals surface area contributed by atoms with Crippen LogP contribution in [0.1, 0.15) is 24.2 Å². The molecule has 162 valence electrons. The lowest BCUT2D eigenvalue weighted by Gasteiger charge is -2.21. The molecule has 5 rings (SSSR count). The molecule has 4 aromatic rings. The molecule has 1 amide bonds. The number of carbonyl (C=O) groups is 1. The summed E-state index contributed by atoms with van der Waals surface area (Å²) in [4.78, 5) is 23.0. The lowest BCUT2D eigenvalue weighted by atomic mass is 10.1. The summed E-state index contributed by atoms with van der Waals surface area (Å²) in [6.45, 7) is 6.34. The predicted octanol–water partition coefficient (Wildman–Crippen LogP) is 5.06. The van der Waals surface area contributed by atoms with Crippen LogP contribution in [0.4, 0.5) is 11.4 Å². The zero-order valence-corrected chi connectivity index (χ0v) is 18.0. The Labute approximate surface area is 186 Å². The second kappa shape index (κ2) is 8.26. The van der Waals surface area contributed by atoms with Crippen LogP contribution in [0.15, 0.2) is 60.7 Å². The molecule has 0 fully saturated rings. The number of amides is 1. The van der Waals surface area contributed by atoms with E-state index >= 15 is 0 Å². The zero-order chi connectivity index (χ0) is 22.1. The number of imidazole rings is 1. The zero-order valence-electron chi connectivity index (χ0n) is 18.0. The van der Waals surface area contributed by atoms with E-state index in [1.165, 1.54) is 0 Å². The van der Waals surface area contributed by atoms with Crippen molar-refractivity contribution in [3.05, 3.63) is 66.2 Å². The summed E-state index contributed by atoms with van der Waals surface area (Å²) >= 11 is 0. The average molecular weight is 428 g/mol. The Morgan fingerprint density at radius 2 is 1.78 bits per heavy atom. The van der Waals surface area contributed by atoms with Gasteiger partial charge in [-0.05, 0) is 74.5 Å². The van der Waals surface area contributed by atoms with Crippen LogP contribution in [-0.2, 0) is 0 Å². The molecule has 0 unspecified atom stereocenters. The van der Waals surface area contributed by atoms with Gasteiger partial charge < -0.3 is 24.7 Å². The van der Waals surface area contributed by atoms with E-state index in [1.54, 1.807) is 0 Å². The minimum Gasteiger partial charge on any atom is -0.454 e. The number of rotatable bonds is 6. The third-order valence-corrected chi connectivity index (χ3v) is 5.64. The van der Waals surface area contributed by atoms with Crippen molar-refractivity contribution in [3.8, 4) is 22.9 Å². The van der Waals surface area contributed by atoms with E-state index in [0.717, 1.165) is 46.9 Å². The van der Waals surface area contributed by atoms with Crippen molar-refractivity contribution in [2.24, 2.45) is 0 Å². The maximum absolute atomic E-state index is 12.7. The van der Waals surface area contributed by atoms with E-state index in [-0.39, 0.29) is 12.7 Å². The Morgan fingerprint density at radius 3 is 2.56 bits per heavy atom. The van der Waals surface area contributed by atoms with Crippen LogP contribution in [0.2, 0.25) is 0 Å². The highest BCUT2D eigenvalue weighted by molar-refractivity contribution is 6.05. The van der Waals surface area contributed by atoms with E-state index in [2.05, 4.69) is 34.0 Å². The highest BCUT2D eigenvalue weighted by Crippen LogP contribution is 2.35. The van der Waals surface area contributed by atoms with Crippen molar-refractivity contribution < 1.29 is 14.3 Å².